The zero-order valence-corrected chi connectivity index (χ0v) is 18.2. The van der Waals surface area contributed by atoms with Crippen LogP contribution in [0, 0.1) is 0 Å². The monoisotopic (exact) mass is 442 g/mol. The molecule has 0 aliphatic heterocycles. The molecule has 0 unspecified atom stereocenters. The molecular weight excluding hydrogens is 420 g/mol. The molecule has 0 saturated carbocycles. The minimum absolute atomic E-state index is 0.0128. The minimum atomic E-state index is -0.389. The molecule has 4 aromatic rings. The maximum atomic E-state index is 13.0. The summed E-state index contributed by atoms with van der Waals surface area (Å²) in [6.07, 6.45) is 1.45. The molecule has 0 atom stereocenters. The number of para-hydroxylation sites is 1. The molecule has 0 radical (unpaired) electrons. The number of nitrogens with one attached hydrogen (secondary N) is 1. The predicted molar refractivity (Wildman–Crippen MR) is 126 cm³/mol. The number of benzene rings is 3. The highest BCUT2D eigenvalue weighted by atomic mass is 16.5. The summed E-state index contributed by atoms with van der Waals surface area (Å²) in [5.41, 5.74) is 1.15. The maximum absolute atomic E-state index is 13.0. The average molecular weight is 442 g/mol. The van der Waals surface area contributed by atoms with Crippen LogP contribution in [0.15, 0.2) is 83.8 Å². The highest BCUT2D eigenvalue weighted by molar-refractivity contribution is 6.10. The fourth-order valence-corrected chi connectivity index (χ4v) is 3.65. The summed E-state index contributed by atoms with van der Waals surface area (Å²) in [6, 6.07) is 20.6. The van der Waals surface area contributed by atoms with Gasteiger partial charge in [0.05, 0.1) is 25.3 Å². The number of methoxy groups -OCH3 is 2. The van der Waals surface area contributed by atoms with Crippen LogP contribution in [0.2, 0.25) is 0 Å². The van der Waals surface area contributed by atoms with E-state index in [1.165, 1.54) is 20.4 Å². The van der Waals surface area contributed by atoms with Gasteiger partial charge < -0.3 is 19.4 Å². The first kappa shape index (κ1) is 21.8. The molecule has 1 heterocycles. The topological polar surface area (TPSA) is 86.6 Å². The Balaban J connectivity index is 1.69. The highest BCUT2D eigenvalue weighted by Crippen LogP contribution is 2.29. The third kappa shape index (κ3) is 4.48. The second-order valence-corrected chi connectivity index (χ2v) is 7.33. The lowest BCUT2D eigenvalue weighted by Gasteiger charge is -2.14. The van der Waals surface area contributed by atoms with Crippen molar-refractivity contribution in [1.82, 2.24) is 4.57 Å². The van der Waals surface area contributed by atoms with Crippen molar-refractivity contribution in [2.45, 2.75) is 6.54 Å². The third-order valence-electron chi connectivity index (χ3n) is 5.25. The van der Waals surface area contributed by atoms with Crippen LogP contribution in [-0.4, -0.2) is 30.5 Å². The van der Waals surface area contributed by atoms with E-state index in [0.717, 1.165) is 0 Å². The predicted octanol–water partition coefficient (Wildman–Crippen LogP) is 3.89. The molecule has 3 aromatic carbocycles. The highest BCUT2D eigenvalue weighted by Gasteiger charge is 2.18. The van der Waals surface area contributed by atoms with E-state index in [4.69, 9.17) is 9.47 Å². The van der Waals surface area contributed by atoms with E-state index in [1.54, 1.807) is 77.4 Å². The molecule has 1 N–H and O–H groups in total. The Morgan fingerprint density at radius 1 is 0.879 bits per heavy atom. The van der Waals surface area contributed by atoms with E-state index < -0.39 is 0 Å². The van der Waals surface area contributed by atoms with Gasteiger partial charge in [0.15, 0.2) is 17.3 Å². The third-order valence-corrected chi connectivity index (χ3v) is 5.25. The van der Waals surface area contributed by atoms with Crippen LogP contribution in [0.4, 0.5) is 5.69 Å². The van der Waals surface area contributed by atoms with Gasteiger partial charge in [0, 0.05) is 28.9 Å². The summed E-state index contributed by atoms with van der Waals surface area (Å²) in [4.78, 5) is 38.9. The molecule has 0 fully saturated rings. The molecule has 7 nitrogen and oxygen atoms in total. The van der Waals surface area contributed by atoms with Gasteiger partial charge in [-0.15, -0.1) is 0 Å². The number of anilines is 1. The lowest BCUT2D eigenvalue weighted by molar-refractivity contribution is -0.116. The summed E-state index contributed by atoms with van der Waals surface area (Å²) in [6.45, 7) is -0.0930. The zero-order chi connectivity index (χ0) is 23.4. The van der Waals surface area contributed by atoms with Crippen LogP contribution in [-0.2, 0) is 11.3 Å². The van der Waals surface area contributed by atoms with Crippen LogP contribution in [0.1, 0.15) is 15.9 Å². The fraction of sp³-hybridized carbons (Fsp3) is 0.115. The SMILES string of the molecule is COc1ccc(NC(=O)Cn2cc(C(=O)c3ccccc3)c(=O)c3ccccc32)cc1OC. The Hall–Kier alpha value is -4.39. The van der Waals surface area contributed by atoms with Crippen molar-refractivity contribution in [3.05, 3.63) is 100 Å². The smallest absolute Gasteiger partial charge is 0.244 e. The van der Waals surface area contributed by atoms with Crippen molar-refractivity contribution in [3.63, 3.8) is 0 Å². The van der Waals surface area contributed by atoms with Gasteiger partial charge in [-0.2, -0.15) is 0 Å². The number of amides is 1. The second kappa shape index (κ2) is 9.40. The van der Waals surface area contributed by atoms with Crippen molar-refractivity contribution in [2.24, 2.45) is 0 Å². The van der Waals surface area contributed by atoms with Crippen LogP contribution < -0.4 is 20.2 Å². The molecule has 0 bridgehead atoms. The van der Waals surface area contributed by atoms with Crippen LogP contribution in [0.5, 0.6) is 11.5 Å². The van der Waals surface area contributed by atoms with Gasteiger partial charge in [0.1, 0.15) is 6.54 Å². The zero-order valence-electron chi connectivity index (χ0n) is 18.2. The number of hydrogen-bond acceptors (Lipinski definition) is 5. The standard InChI is InChI=1S/C26H22N2O5/c1-32-22-13-12-18(14-23(22)33-2)27-24(29)16-28-15-20(25(30)17-8-4-3-5-9-17)26(31)19-10-6-7-11-21(19)28/h3-15H,16H2,1-2H3,(H,27,29). The van der Waals surface area contributed by atoms with Gasteiger partial charge in [0.25, 0.3) is 0 Å². The maximum Gasteiger partial charge on any atom is 0.244 e. The molecule has 1 amide bonds. The number of hydrogen-bond donors (Lipinski definition) is 1. The van der Waals surface area contributed by atoms with E-state index in [2.05, 4.69) is 5.32 Å². The summed E-state index contributed by atoms with van der Waals surface area (Å²) in [7, 11) is 3.05. The lowest BCUT2D eigenvalue weighted by atomic mass is 10.0. The first-order valence-corrected chi connectivity index (χ1v) is 10.3. The van der Waals surface area contributed by atoms with E-state index in [1.807, 2.05) is 0 Å². The van der Waals surface area contributed by atoms with Crippen molar-refractivity contribution in [2.75, 3.05) is 19.5 Å². The molecular formula is C26H22N2O5. The molecule has 0 spiro atoms. The number of pyridine rings is 1. The molecule has 7 heteroatoms. The number of fused-ring (bicyclic) bond motifs is 1. The lowest BCUT2D eigenvalue weighted by Crippen LogP contribution is -2.24. The van der Waals surface area contributed by atoms with Gasteiger partial charge in [-0.3, -0.25) is 14.4 Å². The molecule has 0 aliphatic rings. The number of nitrogens with zero attached hydrogens (tertiary/aromatic N) is 1. The largest absolute Gasteiger partial charge is 0.493 e. The normalized spacial score (nSPS) is 10.6. The van der Waals surface area contributed by atoms with Crippen molar-refractivity contribution >= 4 is 28.3 Å². The molecule has 0 saturated heterocycles. The van der Waals surface area contributed by atoms with Gasteiger partial charge in [-0.1, -0.05) is 42.5 Å². The minimum Gasteiger partial charge on any atom is -0.493 e. The molecule has 33 heavy (non-hydrogen) atoms. The van der Waals surface area contributed by atoms with Crippen LogP contribution in [0.25, 0.3) is 10.9 Å². The van der Waals surface area contributed by atoms with Crippen LogP contribution in [0.3, 0.4) is 0 Å². The van der Waals surface area contributed by atoms with Gasteiger partial charge >= 0.3 is 0 Å². The summed E-state index contributed by atoms with van der Waals surface area (Å²) < 4.78 is 12.1. The van der Waals surface area contributed by atoms with E-state index in [9.17, 15) is 14.4 Å². The number of carbonyl (C=O) groups is 2. The Kier molecular flexibility index (Phi) is 6.22. The van der Waals surface area contributed by atoms with Gasteiger partial charge in [-0.25, -0.2) is 0 Å². The first-order valence-electron chi connectivity index (χ1n) is 10.3. The number of ether oxygens (including phenoxy) is 2. The average Bonchev–Trinajstić information content (AvgIpc) is 2.85. The van der Waals surface area contributed by atoms with E-state index in [-0.39, 0.29) is 29.2 Å². The van der Waals surface area contributed by atoms with E-state index in [0.29, 0.717) is 33.7 Å². The molecule has 4 rings (SSSR count). The van der Waals surface area contributed by atoms with Crippen molar-refractivity contribution < 1.29 is 19.1 Å². The summed E-state index contributed by atoms with van der Waals surface area (Å²) >= 11 is 0. The molecule has 0 aliphatic carbocycles. The van der Waals surface area contributed by atoms with Crippen molar-refractivity contribution in [1.29, 1.82) is 0 Å². The van der Waals surface area contributed by atoms with E-state index >= 15 is 0 Å². The number of rotatable bonds is 7. The Morgan fingerprint density at radius 2 is 1.58 bits per heavy atom. The summed E-state index contributed by atoms with van der Waals surface area (Å²) in [5.74, 6) is 0.320. The quantitative estimate of drug-likeness (QED) is 0.439. The number of aromatic nitrogens is 1. The Morgan fingerprint density at radius 3 is 2.30 bits per heavy atom. The Bertz CT molecular complexity index is 1390. The fourth-order valence-electron chi connectivity index (χ4n) is 3.65. The number of ketones is 1. The van der Waals surface area contributed by atoms with Crippen molar-refractivity contribution in [3.8, 4) is 11.5 Å². The van der Waals surface area contributed by atoms with Gasteiger partial charge in [0.2, 0.25) is 11.3 Å². The molecule has 166 valence electrons. The second-order valence-electron chi connectivity index (χ2n) is 7.33. The van der Waals surface area contributed by atoms with Crippen LogP contribution >= 0.6 is 0 Å². The number of carbonyl (C=O) groups excluding carboxylic acids is 2. The van der Waals surface area contributed by atoms with Gasteiger partial charge in [-0.05, 0) is 24.3 Å². The first-order chi connectivity index (χ1) is 16.0. The Labute approximate surface area is 190 Å². The summed E-state index contributed by atoms with van der Waals surface area (Å²) in [5, 5.41) is 3.19. The molecule has 1 aromatic heterocycles.